The van der Waals surface area contributed by atoms with Gasteiger partial charge in [-0.2, -0.15) is 0 Å². The summed E-state index contributed by atoms with van der Waals surface area (Å²) in [4.78, 5) is 14.5. The summed E-state index contributed by atoms with van der Waals surface area (Å²) >= 11 is 0. The Kier molecular flexibility index (Phi) is 3.53. The lowest BCUT2D eigenvalue weighted by atomic mass is 9.89. The van der Waals surface area contributed by atoms with Crippen molar-refractivity contribution in [2.24, 2.45) is 0 Å². The van der Waals surface area contributed by atoms with Gasteiger partial charge in [-0.05, 0) is 24.0 Å². The highest BCUT2D eigenvalue weighted by Crippen LogP contribution is 2.26. The van der Waals surface area contributed by atoms with Crippen LogP contribution in [0.4, 0.5) is 0 Å². The normalized spacial score (nSPS) is 26.9. The zero-order valence-corrected chi connectivity index (χ0v) is 11.0. The van der Waals surface area contributed by atoms with E-state index in [1.807, 2.05) is 17.0 Å². The molecule has 1 fully saturated rings. The molecule has 3 rings (SSSR count). The maximum absolute atomic E-state index is 12.6. The number of β-amino-alcohol motifs (C(OH)–C–C–N with tert-alkyl or cyclic N) is 1. The van der Waals surface area contributed by atoms with Crippen molar-refractivity contribution in [3.8, 4) is 0 Å². The molecule has 2 aliphatic heterocycles. The van der Waals surface area contributed by atoms with Gasteiger partial charge in [-0.15, -0.1) is 0 Å². The van der Waals surface area contributed by atoms with Crippen LogP contribution < -0.4 is 5.32 Å². The minimum Gasteiger partial charge on any atom is -0.391 e. The number of nitrogens with zero attached hydrogens (tertiary/aromatic N) is 1. The van der Waals surface area contributed by atoms with E-state index in [1.54, 1.807) is 0 Å². The van der Waals surface area contributed by atoms with Gasteiger partial charge in [0.1, 0.15) is 0 Å². The molecule has 1 unspecified atom stereocenters. The third kappa shape index (κ3) is 2.51. The second-order valence-corrected chi connectivity index (χ2v) is 5.46. The maximum Gasteiger partial charge on any atom is 0.231 e. The molecule has 19 heavy (non-hydrogen) atoms. The number of nitrogens with one attached hydrogen (secondary N) is 1. The first kappa shape index (κ1) is 12.6. The van der Waals surface area contributed by atoms with E-state index in [2.05, 4.69) is 17.4 Å². The fourth-order valence-electron chi connectivity index (χ4n) is 3.09. The molecule has 0 bridgehead atoms. The third-order valence-electron chi connectivity index (χ3n) is 4.10. The third-order valence-corrected chi connectivity index (χ3v) is 4.10. The zero-order chi connectivity index (χ0) is 13.2. The molecule has 102 valence electrons. The SMILES string of the molecule is O=C(C1CNCc2ccccc21)N1CCC[C@H](O)C1. The van der Waals surface area contributed by atoms with Gasteiger partial charge in [0.25, 0.3) is 0 Å². The molecule has 1 amide bonds. The Bertz CT molecular complexity index is 475. The number of hydrogen-bond acceptors (Lipinski definition) is 3. The lowest BCUT2D eigenvalue weighted by molar-refractivity contribution is -0.135. The second-order valence-electron chi connectivity index (χ2n) is 5.46. The Hall–Kier alpha value is -1.39. The average molecular weight is 260 g/mol. The van der Waals surface area contributed by atoms with Crippen LogP contribution in [0.5, 0.6) is 0 Å². The number of hydrogen-bond donors (Lipinski definition) is 2. The Morgan fingerprint density at radius 3 is 3.05 bits per heavy atom. The Balaban J connectivity index is 1.81. The Morgan fingerprint density at radius 2 is 2.21 bits per heavy atom. The van der Waals surface area contributed by atoms with E-state index >= 15 is 0 Å². The predicted octanol–water partition coefficient (Wildman–Crippen LogP) is 0.857. The lowest BCUT2D eigenvalue weighted by Crippen LogP contribution is -2.47. The van der Waals surface area contributed by atoms with E-state index in [-0.39, 0.29) is 17.9 Å². The number of likely N-dealkylation sites (tertiary alicyclic amines) is 1. The number of aliphatic hydroxyl groups is 1. The number of rotatable bonds is 1. The monoisotopic (exact) mass is 260 g/mol. The first-order valence-corrected chi connectivity index (χ1v) is 7.01. The van der Waals surface area contributed by atoms with Gasteiger partial charge in [0, 0.05) is 26.2 Å². The van der Waals surface area contributed by atoms with Gasteiger partial charge in [-0.1, -0.05) is 24.3 Å². The fraction of sp³-hybridized carbons (Fsp3) is 0.533. The summed E-state index contributed by atoms with van der Waals surface area (Å²) in [6.45, 7) is 2.79. The summed E-state index contributed by atoms with van der Waals surface area (Å²) in [5.74, 6) is 0.0497. The molecule has 1 saturated heterocycles. The number of piperidine rings is 1. The standard InChI is InChI=1S/C15H20N2O2/c18-12-5-3-7-17(10-12)15(19)14-9-16-8-11-4-1-2-6-13(11)14/h1-2,4,6,12,14,16,18H,3,5,7-10H2/t12-,14?/m0/s1. The van der Waals surface area contributed by atoms with Crippen molar-refractivity contribution in [2.75, 3.05) is 19.6 Å². The maximum atomic E-state index is 12.6. The van der Waals surface area contributed by atoms with E-state index in [0.29, 0.717) is 13.1 Å². The highest BCUT2D eigenvalue weighted by Gasteiger charge is 2.31. The fourth-order valence-corrected chi connectivity index (χ4v) is 3.09. The van der Waals surface area contributed by atoms with Crippen molar-refractivity contribution in [2.45, 2.75) is 31.4 Å². The van der Waals surface area contributed by atoms with Gasteiger partial charge >= 0.3 is 0 Å². The smallest absolute Gasteiger partial charge is 0.231 e. The molecule has 2 heterocycles. The second kappa shape index (κ2) is 5.31. The number of fused-ring (bicyclic) bond motifs is 1. The number of aliphatic hydroxyl groups excluding tert-OH is 1. The van der Waals surface area contributed by atoms with Crippen LogP contribution in [-0.2, 0) is 11.3 Å². The number of benzene rings is 1. The molecule has 0 saturated carbocycles. The van der Waals surface area contributed by atoms with Crippen LogP contribution in [0.25, 0.3) is 0 Å². The van der Waals surface area contributed by atoms with Crippen molar-refractivity contribution in [1.82, 2.24) is 10.2 Å². The van der Waals surface area contributed by atoms with E-state index in [1.165, 1.54) is 5.56 Å². The highest BCUT2D eigenvalue weighted by molar-refractivity contribution is 5.85. The van der Waals surface area contributed by atoms with Gasteiger partial charge in [0.15, 0.2) is 0 Å². The molecule has 1 aromatic carbocycles. The van der Waals surface area contributed by atoms with Gasteiger partial charge < -0.3 is 15.3 Å². The summed E-state index contributed by atoms with van der Waals surface area (Å²) in [5.41, 5.74) is 2.36. The van der Waals surface area contributed by atoms with Crippen LogP contribution in [0.15, 0.2) is 24.3 Å². The summed E-state index contributed by atoms with van der Waals surface area (Å²) in [6.07, 6.45) is 1.35. The van der Waals surface area contributed by atoms with Crippen molar-refractivity contribution in [3.63, 3.8) is 0 Å². The van der Waals surface area contributed by atoms with Crippen LogP contribution in [0.1, 0.15) is 29.9 Å². The van der Waals surface area contributed by atoms with Gasteiger partial charge in [0.2, 0.25) is 5.91 Å². The summed E-state index contributed by atoms with van der Waals surface area (Å²) < 4.78 is 0. The van der Waals surface area contributed by atoms with Gasteiger partial charge in [0.05, 0.1) is 12.0 Å². The van der Waals surface area contributed by atoms with Crippen molar-refractivity contribution >= 4 is 5.91 Å². The highest BCUT2D eigenvalue weighted by atomic mass is 16.3. The molecule has 2 atom stereocenters. The average Bonchev–Trinajstić information content (AvgIpc) is 2.46. The Labute approximate surface area is 113 Å². The van der Waals surface area contributed by atoms with E-state index < -0.39 is 0 Å². The summed E-state index contributed by atoms with van der Waals surface area (Å²) in [6, 6.07) is 8.14. The number of carbonyl (C=O) groups excluding carboxylic acids is 1. The topological polar surface area (TPSA) is 52.6 Å². The quantitative estimate of drug-likeness (QED) is 0.787. The van der Waals surface area contributed by atoms with Crippen LogP contribution >= 0.6 is 0 Å². The molecule has 2 aliphatic rings. The number of amides is 1. The predicted molar refractivity (Wildman–Crippen MR) is 72.7 cm³/mol. The largest absolute Gasteiger partial charge is 0.391 e. The molecule has 0 aromatic heterocycles. The molecule has 1 aromatic rings. The molecule has 4 heteroatoms. The van der Waals surface area contributed by atoms with Crippen LogP contribution in [-0.4, -0.2) is 41.7 Å². The lowest BCUT2D eigenvalue weighted by Gasteiger charge is -2.35. The van der Waals surface area contributed by atoms with Crippen LogP contribution in [0, 0.1) is 0 Å². The minimum absolute atomic E-state index is 0.102. The molecular formula is C15H20N2O2. The minimum atomic E-state index is -0.357. The number of carbonyl (C=O) groups is 1. The van der Waals surface area contributed by atoms with E-state index in [9.17, 15) is 9.90 Å². The van der Waals surface area contributed by atoms with E-state index in [4.69, 9.17) is 0 Å². The van der Waals surface area contributed by atoms with Crippen molar-refractivity contribution in [1.29, 1.82) is 0 Å². The first-order valence-electron chi connectivity index (χ1n) is 7.01. The molecule has 0 radical (unpaired) electrons. The summed E-state index contributed by atoms with van der Waals surface area (Å²) in [5, 5.41) is 13.0. The van der Waals surface area contributed by atoms with Gasteiger partial charge in [-0.3, -0.25) is 4.79 Å². The molecule has 2 N–H and O–H groups in total. The molecule has 0 aliphatic carbocycles. The zero-order valence-electron chi connectivity index (χ0n) is 11.0. The first-order chi connectivity index (χ1) is 9.25. The van der Waals surface area contributed by atoms with Crippen LogP contribution in [0.2, 0.25) is 0 Å². The van der Waals surface area contributed by atoms with Crippen molar-refractivity contribution in [3.05, 3.63) is 35.4 Å². The van der Waals surface area contributed by atoms with E-state index in [0.717, 1.165) is 31.5 Å². The molecular weight excluding hydrogens is 240 g/mol. The van der Waals surface area contributed by atoms with Gasteiger partial charge in [-0.25, -0.2) is 0 Å². The van der Waals surface area contributed by atoms with Crippen LogP contribution in [0.3, 0.4) is 0 Å². The summed E-state index contributed by atoms with van der Waals surface area (Å²) in [7, 11) is 0. The van der Waals surface area contributed by atoms with Crippen molar-refractivity contribution < 1.29 is 9.90 Å². The molecule has 4 nitrogen and oxygen atoms in total. The molecule has 0 spiro atoms. The Morgan fingerprint density at radius 1 is 1.37 bits per heavy atom.